The summed E-state index contributed by atoms with van der Waals surface area (Å²) in [6, 6.07) is 8.59. The molecule has 1 aromatic heterocycles. The number of para-hydroxylation sites is 2. The topological polar surface area (TPSA) is 20.8 Å². The van der Waals surface area contributed by atoms with Gasteiger partial charge < -0.3 is 0 Å². The highest BCUT2D eigenvalue weighted by Gasteiger charge is 2.26. The van der Waals surface area contributed by atoms with Crippen LogP contribution in [0.2, 0.25) is 0 Å². The van der Waals surface area contributed by atoms with Gasteiger partial charge in [0.15, 0.2) is 0 Å². The zero-order valence-electron chi connectivity index (χ0n) is 8.33. The lowest BCUT2D eigenvalue weighted by molar-refractivity contribution is -0.644. The first-order valence-electron chi connectivity index (χ1n) is 5.16. The Kier molecular flexibility index (Phi) is 1.54. The third-order valence-electron chi connectivity index (χ3n) is 2.91. The monoisotopic (exact) mass is 188 g/mol. The van der Waals surface area contributed by atoms with E-state index in [4.69, 9.17) is 0 Å². The maximum atomic E-state index is 3.44. The minimum Gasteiger partial charge on any atom is -0.274 e. The van der Waals surface area contributed by atoms with Gasteiger partial charge in [-0.2, -0.15) is 0 Å². The van der Waals surface area contributed by atoms with Gasteiger partial charge in [-0.1, -0.05) is 12.1 Å². The second kappa shape index (κ2) is 2.74. The van der Waals surface area contributed by atoms with Crippen LogP contribution in [-0.2, 0) is 13.1 Å². The van der Waals surface area contributed by atoms with Gasteiger partial charge in [0.05, 0.1) is 13.1 Å². The predicted octanol–water partition coefficient (Wildman–Crippen LogP) is 1.37. The van der Waals surface area contributed by atoms with Gasteiger partial charge in [0.2, 0.25) is 0 Å². The largest absolute Gasteiger partial charge is 0.358 e. The predicted molar refractivity (Wildman–Crippen MR) is 56.3 cm³/mol. The van der Waals surface area contributed by atoms with Gasteiger partial charge >= 0.3 is 5.95 Å². The third-order valence-corrected chi connectivity index (χ3v) is 2.91. The molecule has 0 saturated heterocycles. The number of anilines is 1. The lowest BCUT2D eigenvalue weighted by Gasteiger charge is -1.95. The van der Waals surface area contributed by atoms with E-state index in [-0.39, 0.29) is 0 Å². The SMILES string of the molecule is CCn1c2[n+](c3ccccc31)CCN2. The quantitative estimate of drug-likeness (QED) is 0.670. The number of hydrogen-bond acceptors (Lipinski definition) is 1. The molecule has 0 unspecified atom stereocenters. The van der Waals surface area contributed by atoms with E-state index in [1.54, 1.807) is 0 Å². The number of imidazole rings is 1. The van der Waals surface area contributed by atoms with Crippen LogP contribution < -0.4 is 9.88 Å². The molecule has 2 aromatic rings. The van der Waals surface area contributed by atoms with Crippen molar-refractivity contribution in [1.82, 2.24) is 4.57 Å². The standard InChI is InChI=1S/C11H13N3/c1-2-13-9-5-3-4-6-10(9)14-8-7-12-11(13)14/h3-6H,2,7-8H2,1H3/p+1. The molecule has 14 heavy (non-hydrogen) atoms. The molecule has 0 fully saturated rings. The molecule has 0 atom stereocenters. The van der Waals surface area contributed by atoms with Gasteiger partial charge in [-0.3, -0.25) is 5.32 Å². The molecule has 0 radical (unpaired) electrons. The van der Waals surface area contributed by atoms with Crippen molar-refractivity contribution in [3.05, 3.63) is 24.3 Å². The molecule has 0 aliphatic carbocycles. The van der Waals surface area contributed by atoms with Crippen LogP contribution in [0.5, 0.6) is 0 Å². The molecule has 3 heteroatoms. The summed E-state index contributed by atoms with van der Waals surface area (Å²) < 4.78 is 4.70. The van der Waals surface area contributed by atoms with Gasteiger partial charge in [-0.15, -0.1) is 0 Å². The van der Waals surface area contributed by atoms with E-state index in [1.165, 1.54) is 17.0 Å². The highest BCUT2D eigenvalue weighted by Crippen LogP contribution is 2.19. The summed E-state index contributed by atoms with van der Waals surface area (Å²) in [6.07, 6.45) is 0. The van der Waals surface area contributed by atoms with Crippen molar-refractivity contribution in [3.8, 4) is 0 Å². The summed E-state index contributed by atoms with van der Waals surface area (Å²) in [5.74, 6) is 1.26. The summed E-state index contributed by atoms with van der Waals surface area (Å²) >= 11 is 0. The van der Waals surface area contributed by atoms with Crippen LogP contribution in [0.15, 0.2) is 24.3 Å². The summed E-state index contributed by atoms with van der Waals surface area (Å²) in [5, 5.41) is 3.44. The maximum absolute atomic E-state index is 3.44. The first kappa shape index (κ1) is 7.85. The molecular formula is C11H14N3+. The van der Waals surface area contributed by atoms with Crippen LogP contribution >= 0.6 is 0 Å². The highest BCUT2D eigenvalue weighted by molar-refractivity contribution is 5.74. The van der Waals surface area contributed by atoms with Crippen LogP contribution in [0.3, 0.4) is 0 Å². The Hall–Kier alpha value is -1.51. The second-order valence-electron chi connectivity index (χ2n) is 3.63. The molecule has 1 aliphatic heterocycles. The number of hydrogen-bond donors (Lipinski definition) is 1. The Bertz CT molecular complexity index is 469. The summed E-state index contributed by atoms with van der Waals surface area (Å²) in [7, 11) is 0. The molecule has 1 aromatic carbocycles. The minimum absolute atomic E-state index is 1.02. The van der Waals surface area contributed by atoms with E-state index in [9.17, 15) is 0 Å². The molecule has 0 saturated carbocycles. The number of aromatic nitrogens is 2. The van der Waals surface area contributed by atoms with Crippen LogP contribution in [0.1, 0.15) is 6.92 Å². The molecule has 1 aliphatic rings. The van der Waals surface area contributed by atoms with Crippen molar-refractivity contribution < 1.29 is 4.57 Å². The van der Waals surface area contributed by atoms with E-state index < -0.39 is 0 Å². The normalized spacial score (nSPS) is 14.4. The first-order chi connectivity index (χ1) is 6.92. The summed E-state index contributed by atoms with van der Waals surface area (Å²) in [4.78, 5) is 0. The minimum atomic E-state index is 1.02. The van der Waals surface area contributed by atoms with E-state index >= 15 is 0 Å². The number of nitrogens with zero attached hydrogens (tertiary/aromatic N) is 2. The van der Waals surface area contributed by atoms with Gasteiger partial charge in [0, 0.05) is 0 Å². The van der Waals surface area contributed by atoms with Crippen molar-refractivity contribution in [3.63, 3.8) is 0 Å². The number of nitrogens with one attached hydrogen (secondary N) is 1. The molecule has 0 bridgehead atoms. The number of fused-ring (bicyclic) bond motifs is 3. The lowest BCUT2D eigenvalue weighted by atomic mass is 10.3. The first-order valence-corrected chi connectivity index (χ1v) is 5.16. The van der Waals surface area contributed by atoms with Gasteiger partial charge in [0.1, 0.15) is 17.6 Å². The zero-order valence-corrected chi connectivity index (χ0v) is 8.33. The van der Waals surface area contributed by atoms with Crippen LogP contribution in [-0.4, -0.2) is 11.1 Å². The molecule has 72 valence electrons. The van der Waals surface area contributed by atoms with Gasteiger partial charge in [-0.05, 0) is 19.1 Å². The molecule has 2 heterocycles. The number of benzene rings is 1. The van der Waals surface area contributed by atoms with Crippen molar-refractivity contribution >= 4 is 17.0 Å². The van der Waals surface area contributed by atoms with E-state index in [0.717, 1.165) is 19.6 Å². The highest BCUT2D eigenvalue weighted by atomic mass is 15.3. The summed E-state index contributed by atoms with van der Waals surface area (Å²) in [5.41, 5.74) is 2.67. The number of aryl methyl sites for hydroxylation is 1. The average molecular weight is 188 g/mol. The molecule has 0 amide bonds. The molecule has 3 nitrogen and oxygen atoms in total. The lowest BCUT2D eigenvalue weighted by Crippen LogP contribution is -2.29. The van der Waals surface area contributed by atoms with Crippen LogP contribution in [0, 0.1) is 0 Å². The second-order valence-corrected chi connectivity index (χ2v) is 3.63. The fourth-order valence-corrected chi connectivity index (χ4v) is 2.31. The van der Waals surface area contributed by atoms with E-state index in [0.29, 0.717) is 0 Å². The Balaban J connectivity index is 2.43. The van der Waals surface area contributed by atoms with Crippen molar-refractivity contribution in [1.29, 1.82) is 0 Å². The number of rotatable bonds is 1. The van der Waals surface area contributed by atoms with Gasteiger partial charge in [0.25, 0.3) is 0 Å². The fraction of sp³-hybridized carbons (Fsp3) is 0.364. The third kappa shape index (κ3) is 0.842. The maximum Gasteiger partial charge on any atom is 0.358 e. The molecular weight excluding hydrogens is 174 g/mol. The van der Waals surface area contributed by atoms with Crippen molar-refractivity contribution in [2.24, 2.45) is 0 Å². The Morgan fingerprint density at radius 1 is 1.43 bits per heavy atom. The average Bonchev–Trinajstić information content (AvgIpc) is 2.77. The molecule has 1 N–H and O–H groups in total. The molecule has 3 rings (SSSR count). The van der Waals surface area contributed by atoms with Crippen LogP contribution in [0.25, 0.3) is 11.0 Å². The Morgan fingerprint density at radius 2 is 2.29 bits per heavy atom. The fourth-order valence-electron chi connectivity index (χ4n) is 2.31. The van der Waals surface area contributed by atoms with Gasteiger partial charge in [-0.25, -0.2) is 9.13 Å². The Labute approximate surface area is 83.0 Å². The van der Waals surface area contributed by atoms with Crippen LogP contribution in [0.4, 0.5) is 5.95 Å². The van der Waals surface area contributed by atoms with Crippen molar-refractivity contribution in [2.75, 3.05) is 11.9 Å². The Morgan fingerprint density at radius 3 is 3.14 bits per heavy atom. The van der Waals surface area contributed by atoms with E-state index in [2.05, 4.69) is 45.6 Å². The van der Waals surface area contributed by atoms with Crippen molar-refractivity contribution in [2.45, 2.75) is 20.0 Å². The van der Waals surface area contributed by atoms with E-state index in [1.807, 2.05) is 0 Å². The molecule has 0 spiro atoms. The summed E-state index contributed by atoms with van der Waals surface area (Å²) in [6.45, 7) is 5.35. The zero-order chi connectivity index (χ0) is 9.54. The smallest absolute Gasteiger partial charge is 0.274 e.